The molecule has 1 fully saturated rings. The van der Waals surface area contributed by atoms with Crippen molar-refractivity contribution in [2.45, 2.75) is 38.8 Å². The summed E-state index contributed by atoms with van der Waals surface area (Å²) in [5, 5.41) is 7.01. The molecule has 1 aliphatic heterocycles. The summed E-state index contributed by atoms with van der Waals surface area (Å²) in [7, 11) is 0. The van der Waals surface area contributed by atoms with E-state index in [0.717, 1.165) is 24.9 Å². The Bertz CT molecular complexity index is 450. The molecule has 1 amide bonds. The van der Waals surface area contributed by atoms with Crippen molar-refractivity contribution in [3.05, 3.63) is 34.9 Å². The van der Waals surface area contributed by atoms with Crippen LogP contribution in [0.25, 0.3) is 0 Å². The zero-order valence-corrected chi connectivity index (χ0v) is 12.2. The molecule has 3 atom stereocenters. The maximum atomic E-state index is 12.2. The molecular weight excluding hydrogens is 260 g/mol. The van der Waals surface area contributed by atoms with Crippen LogP contribution < -0.4 is 10.6 Å². The van der Waals surface area contributed by atoms with E-state index in [9.17, 15) is 4.79 Å². The SMILES string of the molecule is CC1CCNC(C(=O)NC(C)c2ccccc2Cl)C1. The second-order valence-corrected chi connectivity index (χ2v) is 5.80. The van der Waals surface area contributed by atoms with Crippen molar-refractivity contribution in [2.24, 2.45) is 5.92 Å². The average molecular weight is 281 g/mol. The Balaban J connectivity index is 1.97. The quantitative estimate of drug-likeness (QED) is 0.894. The van der Waals surface area contributed by atoms with Gasteiger partial charge in [-0.05, 0) is 43.9 Å². The number of benzene rings is 1. The van der Waals surface area contributed by atoms with Crippen molar-refractivity contribution in [2.75, 3.05) is 6.54 Å². The first-order chi connectivity index (χ1) is 9.08. The highest BCUT2D eigenvalue weighted by atomic mass is 35.5. The van der Waals surface area contributed by atoms with Gasteiger partial charge in [-0.15, -0.1) is 0 Å². The normalized spacial score (nSPS) is 24.8. The summed E-state index contributed by atoms with van der Waals surface area (Å²) in [5.74, 6) is 0.673. The van der Waals surface area contributed by atoms with Crippen LogP contribution in [0.15, 0.2) is 24.3 Å². The standard InChI is InChI=1S/C15H21ClN2O/c1-10-7-8-17-14(9-10)15(19)18-11(2)12-5-3-4-6-13(12)16/h3-6,10-11,14,17H,7-9H2,1-2H3,(H,18,19). The van der Waals surface area contributed by atoms with Gasteiger partial charge in [0.05, 0.1) is 12.1 Å². The highest BCUT2D eigenvalue weighted by Crippen LogP contribution is 2.23. The van der Waals surface area contributed by atoms with Crippen LogP contribution in [0.4, 0.5) is 0 Å². The number of carbonyl (C=O) groups is 1. The Labute approximate surface area is 119 Å². The molecule has 1 aromatic rings. The highest BCUT2D eigenvalue weighted by molar-refractivity contribution is 6.31. The fourth-order valence-electron chi connectivity index (χ4n) is 2.53. The Morgan fingerprint density at radius 2 is 2.21 bits per heavy atom. The number of halogens is 1. The molecule has 0 aliphatic carbocycles. The lowest BCUT2D eigenvalue weighted by Gasteiger charge is -2.28. The summed E-state index contributed by atoms with van der Waals surface area (Å²) >= 11 is 6.14. The van der Waals surface area contributed by atoms with Crippen molar-refractivity contribution in [1.82, 2.24) is 10.6 Å². The van der Waals surface area contributed by atoms with Gasteiger partial charge in [-0.2, -0.15) is 0 Å². The van der Waals surface area contributed by atoms with Gasteiger partial charge in [0.1, 0.15) is 0 Å². The number of carbonyl (C=O) groups excluding carboxylic acids is 1. The fourth-order valence-corrected chi connectivity index (χ4v) is 2.82. The molecule has 104 valence electrons. The average Bonchev–Trinajstić information content (AvgIpc) is 2.39. The zero-order chi connectivity index (χ0) is 13.8. The topological polar surface area (TPSA) is 41.1 Å². The van der Waals surface area contributed by atoms with Crippen LogP contribution in [-0.2, 0) is 4.79 Å². The highest BCUT2D eigenvalue weighted by Gasteiger charge is 2.25. The summed E-state index contributed by atoms with van der Waals surface area (Å²) in [6.45, 7) is 5.07. The Morgan fingerprint density at radius 3 is 2.89 bits per heavy atom. The van der Waals surface area contributed by atoms with Crippen LogP contribution in [0.1, 0.15) is 38.3 Å². The predicted molar refractivity (Wildman–Crippen MR) is 78.2 cm³/mol. The third-order valence-electron chi connectivity index (χ3n) is 3.71. The van der Waals surface area contributed by atoms with Crippen molar-refractivity contribution >= 4 is 17.5 Å². The molecule has 0 aromatic heterocycles. The van der Waals surface area contributed by atoms with Crippen molar-refractivity contribution < 1.29 is 4.79 Å². The van der Waals surface area contributed by atoms with E-state index in [2.05, 4.69) is 17.6 Å². The summed E-state index contributed by atoms with van der Waals surface area (Å²) in [6, 6.07) is 7.48. The van der Waals surface area contributed by atoms with Gasteiger partial charge in [-0.1, -0.05) is 36.7 Å². The number of rotatable bonds is 3. The van der Waals surface area contributed by atoms with E-state index in [1.807, 2.05) is 31.2 Å². The van der Waals surface area contributed by atoms with Gasteiger partial charge in [0.25, 0.3) is 0 Å². The molecule has 2 N–H and O–H groups in total. The minimum atomic E-state index is -0.0753. The fraction of sp³-hybridized carbons (Fsp3) is 0.533. The van der Waals surface area contributed by atoms with Gasteiger partial charge in [0.2, 0.25) is 5.91 Å². The molecule has 1 saturated heterocycles. The largest absolute Gasteiger partial charge is 0.348 e. The molecule has 0 spiro atoms. The molecule has 3 unspecified atom stereocenters. The van der Waals surface area contributed by atoms with E-state index in [1.54, 1.807) is 0 Å². The molecule has 1 heterocycles. The van der Waals surface area contributed by atoms with Crippen LogP contribution >= 0.6 is 11.6 Å². The lowest BCUT2D eigenvalue weighted by Crippen LogP contribution is -2.48. The lowest BCUT2D eigenvalue weighted by atomic mass is 9.93. The molecule has 0 saturated carbocycles. The molecule has 4 heteroatoms. The molecule has 1 aliphatic rings. The summed E-state index contributed by atoms with van der Waals surface area (Å²) in [5.41, 5.74) is 0.960. The van der Waals surface area contributed by atoms with Crippen LogP contribution in [0.2, 0.25) is 5.02 Å². The van der Waals surface area contributed by atoms with Crippen molar-refractivity contribution in [3.8, 4) is 0 Å². The second-order valence-electron chi connectivity index (χ2n) is 5.39. The number of nitrogens with one attached hydrogen (secondary N) is 2. The Hall–Kier alpha value is -1.06. The van der Waals surface area contributed by atoms with E-state index >= 15 is 0 Å². The summed E-state index contributed by atoms with van der Waals surface area (Å²) in [4.78, 5) is 12.2. The first-order valence-corrected chi connectivity index (χ1v) is 7.24. The van der Waals surface area contributed by atoms with Gasteiger partial charge in [-0.25, -0.2) is 0 Å². The third-order valence-corrected chi connectivity index (χ3v) is 4.06. The summed E-state index contributed by atoms with van der Waals surface area (Å²) < 4.78 is 0. The van der Waals surface area contributed by atoms with Gasteiger partial charge in [-0.3, -0.25) is 4.79 Å². The maximum Gasteiger partial charge on any atom is 0.237 e. The predicted octanol–water partition coefficient (Wildman–Crippen LogP) is 2.91. The smallest absolute Gasteiger partial charge is 0.237 e. The lowest BCUT2D eigenvalue weighted by molar-refractivity contribution is -0.124. The Morgan fingerprint density at radius 1 is 1.47 bits per heavy atom. The molecule has 2 rings (SSSR count). The van der Waals surface area contributed by atoms with Crippen LogP contribution in [0.5, 0.6) is 0 Å². The molecule has 1 aromatic carbocycles. The number of hydrogen-bond acceptors (Lipinski definition) is 2. The van der Waals surface area contributed by atoms with Crippen LogP contribution in [0.3, 0.4) is 0 Å². The Kier molecular flexibility index (Phi) is 4.83. The van der Waals surface area contributed by atoms with Crippen molar-refractivity contribution in [3.63, 3.8) is 0 Å². The molecule has 19 heavy (non-hydrogen) atoms. The first-order valence-electron chi connectivity index (χ1n) is 6.86. The maximum absolute atomic E-state index is 12.2. The van der Waals surface area contributed by atoms with Gasteiger partial charge >= 0.3 is 0 Å². The molecular formula is C15H21ClN2O. The molecule has 0 radical (unpaired) electrons. The third kappa shape index (κ3) is 3.71. The molecule has 3 nitrogen and oxygen atoms in total. The van der Waals surface area contributed by atoms with E-state index in [0.29, 0.717) is 10.9 Å². The summed E-state index contributed by atoms with van der Waals surface area (Å²) in [6.07, 6.45) is 2.05. The molecule has 0 bridgehead atoms. The van der Waals surface area contributed by atoms with E-state index < -0.39 is 0 Å². The number of hydrogen-bond donors (Lipinski definition) is 2. The van der Waals surface area contributed by atoms with Crippen LogP contribution in [0, 0.1) is 5.92 Å². The monoisotopic (exact) mass is 280 g/mol. The van der Waals surface area contributed by atoms with Gasteiger partial charge in [0, 0.05) is 5.02 Å². The minimum absolute atomic E-state index is 0.0685. The number of amides is 1. The second kappa shape index (κ2) is 6.40. The minimum Gasteiger partial charge on any atom is -0.348 e. The first kappa shape index (κ1) is 14.4. The zero-order valence-electron chi connectivity index (χ0n) is 11.4. The van der Waals surface area contributed by atoms with E-state index in [1.165, 1.54) is 0 Å². The van der Waals surface area contributed by atoms with Crippen molar-refractivity contribution in [1.29, 1.82) is 0 Å². The van der Waals surface area contributed by atoms with E-state index in [4.69, 9.17) is 11.6 Å². The van der Waals surface area contributed by atoms with E-state index in [-0.39, 0.29) is 18.0 Å². The van der Waals surface area contributed by atoms with Gasteiger partial charge in [0.15, 0.2) is 0 Å². The van der Waals surface area contributed by atoms with Gasteiger partial charge < -0.3 is 10.6 Å². The number of piperidine rings is 1. The van der Waals surface area contributed by atoms with Crippen LogP contribution in [-0.4, -0.2) is 18.5 Å².